The van der Waals surface area contributed by atoms with Crippen molar-refractivity contribution < 1.29 is 9.59 Å². The minimum Gasteiger partial charge on any atom is -0.345 e. The lowest BCUT2D eigenvalue weighted by molar-refractivity contribution is -0.140. The number of carbonyl (C=O) groups excluding carboxylic acids is 2. The van der Waals surface area contributed by atoms with Crippen LogP contribution in [0.3, 0.4) is 0 Å². The summed E-state index contributed by atoms with van der Waals surface area (Å²) in [4.78, 5) is 23.8. The lowest BCUT2D eigenvalue weighted by Crippen LogP contribution is -2.50. The Morgan fingerprint density at radius 1 is 0.789 bits per heavy atom. The molecule has 0 spiro atoms. The van der Waals surface area contributed by atoms with Gasteiger partial charge in [-0.05, 0) is 31.6 Å². The molecule has 0 heterocycles. The van der Waals surface area contributed by atoms with Gasteiger partial charge in [-0.3, -0.25) is 9.59 Å². The first-order chi connectivity index (χ1) is 9.16. The van der Waals surface area contributed by atoms with Crippen molar-refractivity contribution in [3.8, 4) is 0 Å². The van der Waals surface area contributed by atoms with Crippen LogP contribution in [0.25, 0.3) is 0 Å². The molecule has 108 valence electrons. The van der Waals surface area contributed by atoms with Crippen molar-refractivity contribution in [2.24, 2.45) is 5.92 Å². The zero-order valence-corrected chi connectivity index (χ0v) is 11.9. The highest BCUT2D eigenvalue weighted by molar-refractivity contribution is 6.35. The molecule has 0 saturated heterocycles. The lowest BCUT2D eigenvalue weighted by atomic mass is 9.86. The third kappa shape index (κ3) is 4.22. The van der Waals surface area contributed by atoms with Gasteiger partial charge in [0.2, 0.25) is 0 Å². The van der Waals surface area contributed by atoms with E-state index in [1.165, 1.54) is 12.8 Å². The number of amides is 2. The predicted molar refractivity (Wildman–Crippen MR) is 74.6 cm³/mol. The smallest absolute Gasteiger partial charge is 0.309 e. The van der Waals surface area contributed by atoms with Crippen molar-refractivity contribution in [3.05, 3.63) is 0 Å². The van der Waals surface area contributed by atoms with Gasteiger partial charge >= 0.3 is 11.8 Å². The molecule has 0 aromatic heterocycles. The number of nitrogens with one attached hydrogen (secondary N) is 2. The molecule has 19 heavy (non-hydrogen) atoms. The van der Waals surface area contributed by atoms with Crippen LogP contribution >= 0.6 is 0 Å². The average Bonchev–Trinajstić information content (AvgIpc) is 2.42. The van der Waals surface area contributed by atoms with E-state index in [1.54, 1.807) is 0 Å². The Kier molecular flexibility index (Phi) is 5.23. The molecule has 4 nitrogen and oxygen atoms in total. The van der Waals surface area contributed by atoms with Gasteiger partial charge in [-0.1, -0.05) is 39.0 Å². The Labute approximate surface area is 115 Å². The van der Waals surface area contributed by atoms with E-state index in [9.17, 15) is 9.59 Å². The summed E-state index contributed by atoms with van der Waals surface area (Å²) in [5, 5.41) is 5.78. The Bertz CT molecular complexity index is 324. The quantitative estimate of drug-likeness (QED) is 0.752. The monoisotopic (exact) mass is 266 g/mol. The van der Waals surface area contributed by atoms with Gasteiger partial charge < -0.3 is 10.6 Å². The van der Waals surface area contributed by atoms with Gasteiger partial charge in [0.05, 0.1) is 0 Å². The van der Waals surface area contributed by atoms with Crippen molar-refractivity contribution in [2.75, 3.05) is 0 Å². The first kappa shape index (κ1) is 14.4. The highest BCUT2D eigenvalue weighted by atomic mass is 16.2. The van der Waals surface area contributed by atoms with Gasteiger partial charge in [0.25, 0.3) is 0 Å². The first-order valence-corrected chi connectivity index (χ1v) is 7.78. The fourth-order valence-corrected chi connectivity index (χ4v) is 3.26. The molecule has 2 aliphatic rings. The van der Waals surface area contributed by atoms with Crippen LogP contribution in [0.15, 0.2) is 0 Å². The van der Waals surface area contributed by atoms with Crippen LogP contribution in [-0.4, -0.2) is 23.9 Å². The van der Waals surface area contributed by atoms with Gasteiger partial charge in [0.1, 0.15) is 0 Å². The molecule has 2 aliphatic carbocycles. The second-order valence-electron chi connectivity index (χ2n) is 6.15. The van der Waals surface area contributed by atoms with E-state index in [0.29, 0.717) is 5.92 Å². The summed E-state index contributed by atoms with van der Waals surface area (Å²) >= 11 is 0. The van der Waals surface area contributed by atoms with Gasteiger partial charge in [-0.15, -0.1) is 0 Å². The van der Waals surface area contributed by atoms with E-state index in [4.69, 9.17) is 0 Å². The summed E-state index contributed by atoms with van der Waals surface area (Å²) < 4.78 is 0. The summed E-state index contributed by atoms with van der Waals surface area (Å²) in [7, 11) is 0. The van der Waals surface area contributed by atoms with E-state index in [-0.39, 0.29) is 12.1 Å². The molecule has 0 bridgehead atoms. The third-order valence-electron chi connectivity index (χ3n) is 4.57. The standard InChI is InChI=1S/C15H26N2O2/c1-11-7-5-6-10-13(11)17-15(19)14(18)16-12-8-3-2-4-9-12/h11-13H,2-10H2,1H3,(H,16,18)(H,17,19)/t11-,13+/m1/s1. The molecule has 2 rings (SSSR count). The molecular weight excluding hydrogens is 240 g/mol. The zero-order chi connectivity index (χ0) is 13.7. The van der Waals surface area contributed by atoms with Crippen LogP contribution in [0.2, 0.25) is 0 Å². The van der Waals surface area contributed by atoms with E-state index in [2.05, 4.69) is 17.6 Å². The van der Waals surface area contributed by atoms with E-state index in [0.717, 1.165) is 44.9 Å². The van der Waals surface area contributed by atoms with Crippen molar-refractivity contribution in [1.29, 1.82) is 0 Å². The molecule has 4 heteroatoms. The molecule has 2 atom stereocenters. The van der Waals surface area contributed by atoms with Gasteiger partial charge in [-0.25, -0.2) is 0 Å². The fraction of sp³-hybridized carbons (Fsp3) is 0.867. The number of carbonyl (C=O) groups is 2. The highest BCUT2D eigenvalue weighted by Gasteiger charge is 2.26. The van der Waals surface area contributed by atoms with Crippen molar-refractivity contribution >= 4 is 11.8 Å². The lowest BCUT2D eigenvalue weighted by Gasteiger charge is -2.29. The number of hydrogen-bond donors (Lipinski definition) is 2. The molecule has 0 unspecified atom stereocenters. The van der Waals surface area contributed by atoms with Gasteiger partial charge in [-0.2, -0.15) is 0 Å². The van der Waals surface area contributed by atoms with Crippen molar-refractivity contribution in [3.63, 3.8) is 0 Å². The largest absolute Gasteiger partial charge is 0.345 e. The summed E-state index contributed by atoms with van der Waals surface area (Å²) in [5.74, 6) is -0.394. The topological polar surface area (TPSA) is 58.2 Å². The van der Waals surface area contributed by atoms with Crippen LogP contribution in [0.5, 0.6) is 0 Å². The van der Waals surface area contributed by atoms with Crippen LogP contribution in [0, 0.1) is 5.92 Å². The summed E-state index contributed by atoms with van der Waals surface area (Å²) in [5.41, 5.74) is 0. The third-order valence-corrected chi connectivity index (χ3v) is 4.57. The number of hydrogen-bond acceptors (Lipinski definition) is 2. The first-order valence-electron chi connectivity index (χ1n) is 7.78. The molecule has 2 N–H and O–H groups in total. The Morgan fingerprint density at radius 2 is 1.37 bits per heavy atom. The molecule has 0 aliphatic heterocycles. The van der Waals surface area contributed by atoms with Crippen LogP contribution in [0.1, 0.15) is 64.7 Å². The van der Waals surface area contributed by atoms with E-state index < -0.39 is 11.8 Å². The van der Waals surface area contributed by atoms with Crippen molar-refractivity contribution in [1.82, 2.24) is 10.6 Å². The fourth-order valence-electron chi connectivity index (χ4n) is 3.26. The average molecular weight is 266 g/mol. The minimum atomic E-state index is -0.440. The molecule has 0 aromatic rings. The molecule has 2 amide bonds. The maximum absolute atomic E-state index is 11.9. The van der Waals surface area contributed by atoms with Crippen molar-refractivity contribution in [2.45, 2.75) is 76.8 Å². The predicted octanol–water partition coefficient (Wildman–Crippen LogP) is 2.13. The van der Waals surface area contributed by atoms with Crippen LogP contribution < -0.4 is 10.6 Å². The SMILES string of the molecule is C[C@@H]1CCCC[C@@H]1NC(=O)C(=O)NC1CCCCC1. The Balaban J connectivity index is 1.76. The Hall–Kier alpha value is -1.06. The zero-order valence-electron chi connectivity index (χ0n) is 11.9. The maximum Gasteiger partial charge on any atom is 0.309 e. The summed E-state index contributed by atoms with van der Waals surface area (Å²) in [6.07, 6.45) is 10.1. The summed E-state index contributed by atoms with van der Waals surface area (Å²) in [6.45, 7) is 2.16. The molecule has 0 radical (unpaired) electrons. The second-order valence-corrected chi connectivity index (χ2v) is 6.15. The van der Waals surface area contributed by atoms with E-state index >= 15 is 0 Å². The summed E-state index contributed by atoms with van der Waals surface area (Å²) in [6, 6.07) is 0.383. The molecule has 0 aromatic carbocycles. The van der Waals surface area contributed by atoms with E-state index in [1.807, 2.05) is 0 Å². The molecule has 2 fully saturated rings. The highest BCUT2D eigenvalue weighted by Crippen LogP contribution is 2.23. The van der Waals surface area contributed by atoms with Crippen LogP contribution in [0.4, 0.5) is 0 Å². The maximum atomic E-state index is 11.9. The van der Waals surface area contributed by atoms with Gasteiger partial charge in [0, 0.05) is 12.1 Å². The Morgan fingerprint density at radius 3 is 2.05 bits per heavy atom. The van der Waals surface area contributed by atoms with Gasteiger partial charge in [0.15, 0.2) is 0 Å². The number of rotatable bonds is 2. The molecule has 2 saturated carbocycles. The minimum absolute atomic E-state index is 0.179. The second kappa shape index (κ2) is 6.92. The van der Waals surface area contributed by atoms with Crippen LogP contribution in [-0.2, 0) is 9.59 Å². The molecular formula is C15H26N2O2. The normalized spacial score (nSPS) is 28.7.